The molecule has 2 aromatic carbocycles. The number of hydrogen-bond acceptors (Lipinski definition) is 5. The summed E-state index contributed by atoms with van der Waals surface area (Å²) < 4.78 is 13.5. The lowest BCUT2D eigenvalue weighted by molar-refractivity contribution is 0.170. The second-order valence-corrected chi connectivity index (χ2v) is 9.34. The van der Waals surface area contributed by atoms with Crippen LogP contribution in [-0.2, 0) is 13.1 Å². The van der Waals surface area contributed by atoms with E-state index in [9.17, 15) is 4.79 Å². The van der Waals surface area contributed by atoms with Crippen molar-refractivity contribution in [1.29, 1.82) is 0 Å². The van der Waals surface area contributed by atoms with Gasteiger partial charge in [0.1, 0.15) is 0 Å². The first-order valence-corrected chi connectivity index (χ1v) is 11.4. The van der Waals surface area contributed by atoms with Crippen LogP contribution in [0, 0.1) is 5.92 Å². The molecule has 0 N–H and O–H groups in total. The van der Waals surface area contributed by atoms with Gasteiger partial charge in [0, 0.05) is 24.2 Å². The monoisotopic (exact) mass is 446 g/mol. The van der Waals surface area contributed by atoms with Crippen LogP contribution in [0.15, 0.2) is 41.2 Å². The van der Waals surface area contributed by atoms with Gasteiger partial charge in [-0.15, -0.1) is 0 Å². The number of rotatable bonds is 7. The summed E-state index contributed by atoms with van der Waals surface area (Å²) in [6, 6.07) is 11.8. The van der Waals surface area contributed by atoms with Crippen LogP contribution in [0.4, 0.5) is 0 Å². The Hall–Kier alpha value is -2.02. The molecule has 2 heterocycles. The minimum atomic E-state index is 0.0642. The molecule has 0 radical (unpaired) electrons. The van der Waals surface area contributed by atoms with Gasteiger partial charge in [-0.25, -0.2) is 0 Å². The third-order valence-corrected chi connectivity index (χ3v) is 7.23. The zero-order valence-electron chi connectivity index (χ0n) is 17.4. The number of nitrogens with zero attached hydrogens (tertiary/aromatic N) is 2. The Morgan fingerprint density at radius 2 is 1.83 bits per heavy atom. The molecule has 5 nitrogen and oxygen atoms in total. The lowest BCUT2D eigenvalue weighted by atomic mass is 9.93. The van der Waals surface area contributed by atoms with Crippen LogP contribution in [0.5, 0.6) is 11.5 Å². The number of likely N-dealkylation sites (tertiary alicyclic amines) is 1. The first kappa shape index (κ1) is 21.2. The van der Waals surface area contributed by atoms with Crippen molar-refractivity contribution in [3.8, 4) is 11.5 Å². The predicted octanol–water partition coefficient (Wildman–Crippen LogP) is 5.04. The summed E-state index contributed by atoms with van der Waals surface area (Å²) in [6.45, 7) is 3.90. The fraction of sp³-hybridized carbons (Fsp3) is 0.435. The summed E-state index contributed by atoms with van der Waals surface area (Å²) in [4.78, 5) is 15.3. The predicted molar refractivity (Wildman–Crippen MR) is 123 cm³/mol. The van der Waals surface area contributed by atoms with Crippen LogP contribution >= 0.6 is 23.1 Å². The van der Waals surface area contributed by atoms with Gasteiger partial charge in [0.15, 0.2) is 11.5 Å². The molecule has 0 aliphatic carbocycles. The number of hydrogen-bond donors (Lipinski definition) is 0. The molecule has 160 valence electrons. The average molecular weight is 447 g/mol. The molecule has 0 bridgehead atoms. The third kappa shape index (κ3) is 4.66. The molecule has 0 spiro atoms. The summed E-state index contributed by atoms with van der Waals surface area (Å²) in [5, 5.41) is 1.50. The van der Waals surface area contributed by atoms with Crippen molar-refractivity contribution in [2.24, 2.45) is 5.92 Å². The second-order valence-electron chi connectivity index (χ2n) is 7.84. The van der Waals surface area contributed by atoms with Crippen molar-refractivity contribution in [1.82, 2.24) is 8.86 Å². The molecule has 1 aliphatic heterocycles. The average Bonchev–Trinajstić information content (AvgIpc) is 3.07. The summed E-state index contributed by atoms with van der Waals surface area (Å²) in [6.07, 6.45) is 3.37. The molecular formula is C23H27ClN2O3S. The first-order chi connectivity index (χ1) is 14.6. The molecule has 1 aromatic heterocycles. The van der Waals surface area contributed by atoms with Crippen molar-refractivity contribution < 1.29 is 9.47 Å². The molecule has 7 heteroatoms. The summed E-state index contributed by atoms with van der Waals surface area (Å²) >= 11 is 7.61. The highest BCUT2D eigenvalue weighted by atomic mass is 35.5. The van der Waals surface area contributed by atoms with Gasteiger partial charge in [-0.05, 0) is 62.0 Å². The van der Waals surface area contributed by atoms with Crippen LogP contribution in [0.1, 0.15) is 24.8 Å². The van der Waals surface area contributed by atoms with Gasteiger partial charge in [-0.1, -0.05) is 35.3 Å². The van der Waals surface area contributed by atoms with E-state index in [-0.39, 0.29) is 5.56 Å². The summed E-state index contributed by atoms with van der Waals surface area (Å²) in [5.41, 5.74) is 1.33. The molecule has 4 rings (SSSR count). The summed E-state index contributed by atoms with van der Waals surface area (Å²) in [5.74, 6) is 1.91. The van der Waals surface area contributed by atoms with E-state index >= 15 is 0 Å². The van der Waals surface area contributed by atoms with Gasteiger partial charge < -0.3 is 9.47 Å². The van der Waals surface area contributed by atoms with Gasteiger partial charge in [-0.2, -0.15) is 0 Å². The molecular weight excluding hydrogens is 420 g/mol. The topological polar surface area (TPSA) is 43.7 Å². The fourth-order valence-electron chi connectivity index (χ4n) is 4.17. The largest absolute Gasteiger partial charge is 0.493 e. The van der Waals surface area contributed by atoms with Crippen LogP contribution in [0.2, 0.25) is 5.02 Å². The highest BCUT2D eigenvalue weighted by molar-refractivity contribution is 7.13. The Bertz CT molecular complexity index is 1070. The third-order valence-electron chi connectivity index (χ3n) is 5.89. The number of fused-ring (bicyclic) bond motifs is 1. The highest BCUT2D eigenvalue weighted by Gasteiger charge is 2.20. The Labute approximate surface area is 185 Å². The maximum atomic E-state index is 12.8. The maximum Gasteiger partial charge on any atom is 0.268 e. The van der Waals surface area contributed by atoms with Crippen molar-refractivity contribution in [2.75, 3.05) is 27.3 Å². The minimum Gasteiger partial charge on any atom is -0.493 e. The SMILES string of the molecule is COc1cc2sn(CCC3CCN(Cc4cccc(Cl)c4)CC3)c(=O)c2cc1OC. The molecule has 3 aromatic rings. The van der Waals surface area contributed by atoms with Crippen molar-refractivity contribution in [3.05, 3.63) is 57.3 Å². The van der Waals surface area contributed by atoms with Crippen LogP contribution < -0.4 is 15.0 Å². The zero-order chi connectivity index (χ0) is 21.1. The fourth-order valence-corrected chi connectivity index (χ4v) is 5.40. The molecule has 0 amide bonds. The number of benzene rings is 2. The number of methoxy groups -OCH3 is 2. The van der Waals surface area contributed by atoms with Crippen molar-refractivity contribution in [3.63, 3.8) is 0 Å². The zero-order valence-corrected chi connectivity index (χ0v) is 19.0. The first-order valence-electron chi connectivity index (χ1n) is 10.3. The Morgan fingerprint density at radius 3 is 2.53 bits per heavy atom. The Morgan fingerprint density at radius 1 is 1.10 bits per heavy atom. The Balaban J connectivity index is 1.35. The number of ether oxygens (including phenoxy) is 2. The lowest BCUT2D eigenvalue weighted by Gasteiger charge is -2.32. The number of halogens is 1. The quantitative estimate of drug-likeness (QED) is 0.510. The molecule has 1 fully saturated rings. The van der Waals surface area contributed by atoms with E-state index in [1.165, 1.54) is 29.9 Å². The standard InChI is InChI=1S/C23H27ClN2O3S/c1-28-20-13-19-22(14-21(20)29-2)30-26(23(19)27)11-8-16-6-9-25(10-7-16)15-17-4-3-5-18(24)12-17/h3-5,12-14,16H,6-11,15H2,1-2H3. The maximum absolute atomic E-state index is 12.8. The number of aryl methyl sites for hydroxylation is 1. The highest BCUT2D eigenvalue weighted by Crippen LogP contribution is 2.33. The normalized spacial score (nSPS) is 15.6. The molecule has 1 saturated heterocycles. The van der Waals surface area contributed by atoms with Crippen LogP contribution in [0.3, 0.4) is 0 Å². The van der Waals surface area contributed by atoms with E-state index in [1.54, 1.807) is 20.3 Å². The van der Waals surface area contributed by atoms with E-state index in [1.807, 2.05) is 28.2 Å². The lowest BCUT2D eigenvalue weighted by Crippen LogP contribution is -2.33. The van der Waals surface area contributed by atoms with Gasteiger partial charge >= 0.3 is 0 Å². The van der Waals surface area contributed by atoms with Gasteiger partial charge in [0.25, 0.3) is 5.56 Å². The van der Waals surface area contributed by atoms with Crippen molar-refractivity contribution in [2.45, 2.75) is 32.4 Å². The van der Waals surface area contributed by atoms with Crippen molar-refractivity contribution >= 4 is 33.2 Å². The number of piperidine rings is 1. The smallest absolute Gasteiger partial charge is 0.268 e. The van der Waals surface area contributed by atoms with E-state index in [2.05, 4.69) is 11.0 Å². The molecule has 0 atom stereocenters. The van der Waals surface area contributed by atoms with E-state index in [4.69, 9.17) is 21.1 Å². The van der Waals surface area contributed by atoms with Crippen LogP contribution in [0.25, 0.3) is 10.1 Å². The van der Waals surface area contributed by atoms with Crippen LogP contribution in [-0.4, -0.2) is 36.2 Å². The minimum absolute atomic E-state index is 0.0642. The molecule has 1 aliphatic rings. The molecule has 30 heavy (non-hydrogen) atoms. The van der Waals surface area contributed by atoms with E-state index in [0.29, 0.717) is 22.8 Å². The molecule has 0 saturated carbocycles. The Kier molecular flexibility index (Phi) is 6.66. The van der Waals surface area contributed by atoms with E-state index < -0.39 is 0 Å². The number of aromatic nitrogens is 1. The summed E-state index contributed by atoms with van der Waals surface area (Å²) in [7, 11) is 3.20. The van der Waals surface area contributed by atoms with Gasteiger partial charge in [-0.3, -0.25) is 13.7 Å². The van der Waals surface area contributed by atoms with E-state index in [0.717, 1.165) is 42.3 Å². The molecule has 0 unspecified atom stereocenters. The second kappa shape index (κ2) is 9.41. The van der Waals surface area contributed by atoms with Gasteiger partial charge in [0.2, 0.25) is 0 Å². The van der Waals surface area contributed by atoms with Gasteiger partial charge in [0.05, 0.1) is 24.3 Å².